The molecule has 2 aromatic rings. The van der Waals surface area contributed by atoms with Gasteiger partial charge in [-0.3, -0.25) is 9.10 Å². The highest BCUT2D eigenvalue weighted by molar-refractivity contribution is 7.98. The Hall–Kier alpha value is -1.77. The number of rotatable bonds is 11. The first-order valence-electron chi connectivity index (χ1n) is 9.92. The van der Waals surface area contributed by atoms with Crippen LogP contribution >= 0.6 is 23.4 Å². The van der Waals surface area contributed by atoms with Crippen LogP contribution in [0.4, 0.5) is 10.1 Å². The number of sulfonamides is 1. The van der Waals surface area contributed by atoms with Gasteiger partial charge in [-0.15, -0.1) is 0 Å². The molecule has 170 valence electrons. The van der Waals surface area contributed by atoms with Crippen LogP contribution in [0, 0.1) is 19.7 Å². The number of nitrogens with one attached hydrogen (secondary N) is 1. The number of nitrogens with zero attached hydrogens (tertiary/aromatic N) is 1. The maximum atomic E-state index is 13.7. The number of thioether (sulfide) groups is 1. The summed E-state index contributed by atoms with van der Waals surface area (Å²) in [5, 5.41) is 3.22. The monoisotopic (exact) mass is 486 g/mol. The summed E-state index contributed by atoms with van der Waals surface area (Å²) in [7, 11) is -3.46. The number of aryl methyl sites for hydroxylation is 2. The van der Waals surface area contributed by atoms with Gasteiger partial charge in [-0.2, -0.15) is 11.8 Å². The molecule has 0 heterocycles. The molecule has 9 heteroatoms. The average Bonchev–Trinajstić information content (AvgIpc) is 2.68. The molecule has 0 fully saturated rings. The van der Waals surface area contributed by atoms with Gasteiger partial charge in [0.1, 0.15) is 5.82 Å². The van der Waals surface area contributed by atoms with E-state index in [9.17, 15) is 17.6 Å². The van der Waals surface area contributed by atoms with Gasteiger partial charge in [0, 0.05) is 41.6 Å². The zero-order valence-electron chi connectivity index (χ0n) is 18.0. The fourth-order valence-electron chi connectivity index (χ4n) is 3.03. The summed E-state index contributed by atoms with van der Waals surface area (Å²) in [6, 6.07) is 10.3. The minimum absolute atomic E-state index is 0.140. The van der Waals surface area contributed by atoms with Crippen molar-refractivity contribution in [1.82, 2.24) is 5.32 Å². The summed E-state index contributed by atoms with van der Waals surface area (Å²) in [5.41, 5.74) is 2.95. The van der Waals surface area contributed by atoms with Gasteiger partial charge in [0.2, 0.25) is 15.9 Å². The number of carbonyl (C=O) groups is 1. The van der Waals surface area contributed by atoms with E-state index in [1.54, 1.807) is 12.1 Å². The van der Waals surface area contributed by atoms with Crippen molar-refractivity contribution >= 4 is 45.0 Å². The van der Waals surface area contributed by atoms with Crippen LogP contribution < -0.4 is 9.62 Å². The molecule has 0 spiro atoms. The van der Waals surface area contributed by atoms with E-state index in [1.807, 2.05) is 32.0 Å². The van der Waals surface area contributed by atoms with Crippen molar-refractivity contribution < 1.29 is 17.6 Å². The minimum atomic E-state index is -3.46. The van der Waals surface area contributed by atoms with Crippen molar-refractivity contribution in [3.05, 3.63) is 63.9 Å². The van der Waals surface area contributed by atoms with Crippen molar-refractivity contribution in [3.8, 4) is 0 Å². The van der Waals surface area contributed by atoms with Gasteiger partial charge in [-0.25, -0.2) is 12.8 Å². The van der Waals surface area contributed by atoms with E-state index in [-0.39, 0.29) is 24.7 Å². The van der Waals surface area contributed by atoms with Crippen molar-refractivity contribution in [2.45, 2.75) is 32.4 Å². The Bertz CT molecular complexity index is 996. The molecular weight excluding hydrogens is 459 g/mol. The quantitative estimate of drug-likeness (QED) is 0.468. The Kier molecular flexibility index (Phi) is 9.65. The first kappa shape index (κ1) is 25.5. The molecule has 1 amide bonds. The number of carbonyl (C=O) groups excluding carboxylic acids is 1. The van der Waals surface area contributed by atoms with E-state index in [0.29, 0.717) is 40.7 Å². The Morgan fingerprint density at radius 3 is 2.65 bits per heavy atom. The lowest BCUT2D eigenvalue weighted by Crippen LogP contribution is -2.33. The first-order chi connectivity index (χ1) is 14.6. The fraction of sp³-hybridized carbons (Fsp3) is 0.409. The predicted octanol–water partition coefficient (Wildman–Crippen LogP) is 4.69. The Morgan fingerprint density at radius 1 is 1.23 bits per heavy atom. The van der Waals surface area contributed by atoms with Crippen LogP contribution in [-0.4, -0.2) is 39.4 Å². The second-order valence-electron chi connectivity index (χ2n) is 7.33. The summed E-state index contributed by atoms with van der Waals surface area (Å²) < 4.78 is 39.6. The second kappa shape index (κ2) is 11.7. The molecular formula is C22H28ClFN2O3S2. The number of anilines is 1. The van der Waals surface area contributed by atoms with E-state index in [4.69, 9.17) is 11.6 Å². The number of hydrogen-bond acceptors (Lipinski definition) is 4. The van der Waals surface area contributed by atoms with Crippen LogP contribution in [0.5, 0.6) is 0 Å². The smallest absolute Gasteiger partial charge is 0.232 e. The molecule has 0 aliphatic carbocycles. The SMILES string of the molecule is Cc1ccc(C)c(N(CCCC(=O)NCCSCc2c(F)cccc2Cl)S(C)(=O)=O)c1. The van der Waals surface area contributed by atoms with E-state index in [1.165, 1.54) is 28.4 Å². The topological polar surface area (TPSA) is 66.5 Å². The van der Waals surface area contributed by atoms with Crippen LogP contribution in [0.2, 0.25) is 5.02 Å². The molecule has 1 N–H and O–H groups in total. The summed E-state index contributed by atoms with van der Waals surface area (Å²) in [6.45, 7) is 4.46. The molecule has 2 rings (SSSR count). The summed E-state index contributed by atoms with van der Waals surface area (Å²) in [4.78, 5) is 12.1. The third kappa shape index (κ3) is 8.01. The zero-order valence-corrected chi connectivity index (χ0v) is 20.3. The average molecular weight is 487 g/mol. The van der Waals surface area contributed by atoms with Crippen LogP contribution in [0.3, 0.4) is 0 Å². The standard InChI is InChI=1S/C22H28ClFN2O3S2/c1-16-9-10-17(2)21(14-16)26(31(3,28)29)12-5-8-22(27)25-11-13-30-15-18-19(23)6-4-7-20(18)24/h4,6-7,9-10,14H,5,8,11-13,15H2,1-3H3,(H,25,27). The van der Waals surface area contributed by atoms with Gasteiger partial charge in [0.25, 0.3) is 0 Å². The Balaban J connectivity index is 1.76. The van der Waals surface area contributed by atoms with Crippen LogP contribution in [0.25, 0.3) is 0 Å². The van der Waals surface area contributed by atoms with Crippen molar-refractivity contribution in [3.63, 3.8) is 0 Å². The molecule has 0 saturated carbocycles. The van der Waals surface area contributed by atoms with Crippen LogP contribution in [-0.2, 0) is 20.6 Å². The number of benzene rings is 2. The lowest BCUT2D eigenvalue weighted by molar-refractivity contribution is -0.121. The van der Waals surface area contributed by atoms with Gasteiger partial charge in [0.05, 0.1) is 11.9 Å². The fourth-order valence-corrected chi connectivity index (χ4v) is 5.24. The lowest BCUT2D eigenvalue weighted by Gasteiger charge is -2.24. The summed E-state index contributed by atoms with van der Waals surface area (Å²) in [6.07, 6.45) is 1.80. The minimum Gasteiger partial charge on any atom is -0.355 e. The highest BCUT2D eigenvalue weighted by Crippen LogP contribution is 2.25. The first-order valence-corrected chi connectivity index (χ1v) is 13.3. The molecule has 31 heavy (non-hydrogen) atoms. The highest BCUT2D eigenvalue weighted by Gasteiger charge is 2.19. The molecule has 5 nitrogen and oxygen atoms in total. The van der Waals surface area contributed by atoms with Gasteiger partial charge < -0.3 is 5.32 Å². The van der Waals surface area contributed by atoms with E-state index >= 15 is 0 Å². The molecule has 0 aliphatic heterocycles. The maximum Gasteiger partial charge on any atom is 0.232 e. The molecule has 0 saturated heterocycles. The summed E-state index contributed by atoms with van der Waals surface area (Å²) >= 11 is 7.48. The third-order valence-electron chi connectivity index (χ3n) is 4.68. The second-order valence-corrected chi connectivity index (χ2v) is 10.8. The predicted molar refractivity (Wildman–Crippen MR) is 128 cm³/mol. The molecule has 0 bridgehead atoms. The molecule has 0 unspecified atom stereocenters. The molecule has 2 aromatic carbocycles. The van der Waals surface area contributed by atoms with Gasteiger partial charge in [0.15, 0.2) is 0 Å². The zero-order chi connectivity index (χ0) is 23.0. The van der Waals surface area contributed by atoms with E-state index in [2.05, 4.69) is 5.32 Å². The van der Waals surface area contributed by atoms with Crippen molar-refractivity contribution in [2.75, 3.05) is 29.4 Å². The third-order valence-corrected chi connectivity index (χ3v) is 7.20. The summed E-state index contributed by atoms with van der Waals surface area (Å²) in [5.74, 6) is 0.580. The molecule has 0 radical (unpaired) electrons. The van der Waals surface area contributed by atoms with Crippen LogP contribution in [0.1, 0.15) is 29.5 Å². The number of halogens is 2. The van der Waals surface area contributed by atoms with E-state index in [0.717, 1.165) is 11.1 Å². The highest BCUT2D eigenvalue weighted by atomic mass is 35.5. The largest absolute Gasteiger partial charge is 0.355 e. The van der Waals surface area contributed by atoms with Crippen LogP contribution in [0.15, 0.2) is 36.4 Å². The number of amides is 1. The normalized spacial score (nSPS) is 11.4. The Labute approximate surface area is 193 Å². The maximum absolute atomic E-state index is 13.7. The molecule has 0 atom stereocenters. The van der Waals surface area contributed by atoms with E-state index < -0.39 is 10.0 Å². The van der Waals surface area contributed by atoms with Gasteiger partial charge >= 0.3 is 0 Å². The number of hydrogen-bond donors (Lipinski definition) is 1. The lowest BCUT2D eigenvalue weighted by atomic mass is 10.1. The molecule has 0 aliphatic rings. The van der Waals surface area contributed by atoms with Gasteiger partial charge in [-0.1, -0.05) is 29.8 Å². The van der Waals surface area contributed by atoms with Crippen molar-refractivity contribution in [1.29, 1.82) is 0 Å². The van der Waals surface area contributed by atoms with Crippen molar-refractivity contribution in [2.24, 2.45) is 0 Å². The Morgan fingerprint density at radius 2 is 1.97 bits per heavy atom. The molecule has 0 aromatic heterocycles. The van der Waals surface area contributed by atoms with Gasteiger partial charge in [-0.05, 0) is 49.6 Å².